The number of aliphatic hydroxyl groups excluding tert-OH is 1. The summed E-state index contributed by atoms with van der Waals surface area (Å²) in [4.78, 5) is 0.0493. The van der Waals surface area contributed by atoms with Gasteiger partial charge in [0, 0.05) is 6.54 Å². The van der Waals surface area contributed by atoms with Crippen LogP contribution >= 0.6 is 0 Å². The maximum atomic E-state index is 11.3. The van der Waals surface area contributed by atoms with Gasteiger partial charge < -0.3 is 16.2 Å². The van der Waals surface area contributed by atoms with Gasteiger partial charge in [-0.25, -0.2) is 13.6 Å². The first-order valence-corrected chi connectivity index (χ1v) is 8.25. The Morgan fingerprint density at radius 1 is 1.25 bits per heavy atom. The monoisotopic (exact) mass is 299 g/mol. The molecule has 0 unspecified atom stereocenters. The normalized spacial score (nSPS) is 23.5. The van der Waals surface area contributed by atoms with Gasteiger partial charge >= 0.3 is 0 Å². The number of nitrogens with two attached hydrogens (primary N) is 2. The molecule has 1 fully saturated rings. The first kappa shape index (κ1) is 15.1. The van der Waals surface area contributed by atoms with E-state index in [2.05, 4.69) is 5.32 Å². The smallest absolute Gasteiger partial charge is 0.238 e. The Labute approximate surface area is 119 Å². The van der Waals surface area contributed by atoms with E-state index >= 15 is 0 Å². The Balaban J connectivity index is 2.02. The third-order valence-corrected chi connectivity index (χ3v) is 4.66. The number of benzene rings is 1. The molecule has 1 aromatic carbocycles. The molecule has 6 nitrogen and oxygen atoms in total. The van der Waals surface area contributed by atoms with E-state index in [1.54, 1.807) is 0 Å². The second-order valence-electron chi connectivity index (χ2n) is 5.35. The highest BCUT2D eigenvalue weighted by atomic mass is 32.2. The number of anilines is 2. The summed E-state index contributed by atoms with van der Waals surface area (Å²) < 4.78 is 22.6. The predicted molar refractivity (Wildman–Crippen MR) is 78.7 cm³/mol. The molecule has 0 heterocycles. The quantitative estimate of drug-likeness (QED) is 0.615. The van der Waals surface area contributed by atoms with Crippen LogP contribution in [0, 0.1) is 5.92 Å². The molecule has 0 bridgehead atoms. The lowest BCUT2D eigenvalue weighted by molar-refractivity contribution is 0.111. The standard InChI is InChI=1S/C13H21N3O3S/c14-12-6-5-11(20(15,18)19)7-13(12)16-8-9-1-3-10(17)4-2-9/h5-7,9-10,16-17H,1-4,8,14H2,(H2,15,18,19). The number of hydrogen-bond donors (Lipinski definition) is 4. The molecule has 2 rings (SSSR count). The van der Waals surface area contributed by atoms with Gasteiger partial charge in [0.1, 0.15) is 0 Å². The Hall–Kier alpha value is -1.31. The molecule has 0 atom stereocenters. The van der Waals surface area contributed by atoms with Crippen LogP contribution in [-0.2, 0) is 10.0 Å². The summed E-state index contributed by atoms with van der Waals surface area (Å²) in [5.41, 5.74) is 6.91. The van der Waals surface area contributed by atoms with Crippen molar-refractivity contribution in [2.75, 3.05) is 17.6 Å². The molecule has 0 saturated heterocycles. The predicted octanol–water partition coefficient (Wildman–Crippen LogP) is 0.879. The van der Waals surface area contributed by atoms with Crippen molar-refractivity contribution in [2.24, 2.45) is 11.1 Å². The average Bonchev–Trinajstić information content (AvgIpc) is 2.38. The maximum absolute atomic E-state index is 11.3. The molecule has 0 aromatic heterocycles. The van der Waals surface area contributed by atoms with Crippen LogP contribution < -0.4 is 16.2 Å². The summed E-state index contributed by atoms with van der Waals surface area (Å²) in [6.45, 7) is 0.713. The minimum Gasteiger partial charge on any atom is -0.397 e. The van der Waals surface area contributed by atoms with Crippen molar-refractivity contribution >= 4 is 21.4 Å². The summed E-state index contributed by atoms with van der Waals surface area (Å²) in [6.07, 6.45) is 3.38. The molecule has 7 heteroatoms. The molecule has 0 radical (unpaired) electrons. The number of aliphatic hydroxyl groups is 1. The van der Waals surface area contributed by atoms with Gasteiger partial charge in [-0.2, -0.15) is 0 Å². The first-order valence-electron chi connectivity index (χ1n) is 6.70. The third kappa shape index (κ3) is 3.84. The van der Waals surface area contributed by atoms with Gasteiger partial charge in [0.15, 0.2) is 0 Å². The fourth-order valence-electron chi connectivity index (χ4n) is 2.47. The second-order valence-corrected chi connectivity index (χ2v) is 6.91. The fraction of sp³-hybridized carbons (Fsp3) is 0.538. The zero-order chi connectivity index (χ0) is 14.8. The van der Waals surface area contributed by atoms with Crippen molar-refractivity contribution < 1.29 is 13.5 Å². The van der Waals surface area contributed by atoms with E-state index in [9.17, 15) is 13.5 Å². The van der Waals surface area contributed by atoms with Crippen molar-refractivity contribution in [2.45, 2.75) is 36.7 Å². The number of hydrogen-bond acceptors (Lipinski definition) is 5. The van der Waals surface area contributed by atoms with Crippen molar-refractivity contribution in [3.05, 3.63) is 18.2 Å². The number of primary sulfonamides is 1. The van der Waals surface area contributed by atoms with E-state index in [0.717, 1.165) is 25.7 Å². The topological polar surface area (TPSA) is 118 Å². The molecule has 1 aliphatic rings. The van der Waals surface area contributed by atoms with E-state index in [1.807, 2.05) is 0 Å². The molecule has 6 N–H and O–H groups in total. The van der Waals surface area contributed by atoms with E-state index < -0.39 is 10.0 Å². The summed E-state index contributed by atoms with van der Waals surface area (Å²) in [5.74, 6) is 0.468. The van der Waals surface area contributed by atoms with Crippen LogP contribution in [0.25, 0.3) is 0 Å². The van der Waals surface area contributed by atoms with Crippen LogP contribution in [0.5, 0.6) is 0 Å². The summed E-state index contributed by atoms with van der Waals surface area (Å²) >= 11 is 0. The van der Waals surface area contributed by atoms with Crippen molar-refractivity contribution in [1.29, 1.82) is 0 Å². The molecule has 1 saturated carbocycles. The zero-order valence-electron chi connectivity index (χ0n) is 11.2. The zero-order valence-corrected chi connectivity index (χ0v) is 12.1. The van der Waals surface area contributed by atoms with Crippen LogP contribution in [-0.4, -0.2) is 26.2 Å². The molecule has 1 aliphatic carbocycles. The van der Waals surface area contributed by atoms with E-state index in [4.69, 9.17) is 10.9 Å². The highest BCUT2D eigenvalue weighted by Crippen LogP contribution is 2.27. The molecule has 1 aromatic rings. The molecule has 0 aliphatic heterocycles. The van der Waals surface area contributed by atoms with Gasteiger partial charge in [-0.05, 0) is 49.8 Å². The minimum absolute atomic E-state index is 0.0493. The lowest BCUT2D eigenvalue weighted by atomic mass is 9.87. The second kappa shape index (κ2) is 5.99. The van der Waals surface area contributed by atoms with E-state index in [-0.39, 0.29) is 11.0 Å². The van der Waals surface area contributed by atoms with Crippen LogP contribution in [0.15, 0.2) is 23.1 Å². The Morgan fingerprint density at radius 2 is 1.90 bits per heavy atom. The molecular weight excluding hydrogens is 278 g/mol. The van der Waals surface area contributed by atoms with Crippen LogP contribution in [0.2, 0.25) is 0 Å². The largest absolute Gasteiger partial charge is 0.397 e. The maximum Gasteiger partial charge on any atom is 0.238 e. The number of nitrogen functional groups attached to an aromatic ring is 1. The van der Waals surface area contributed by atoms with E-state index in [1.165, 1.54) is 18.2 Å². The third-order valence-electron chi connectivity index (χ3n) is 3.75. The molecular formula is C13H21N3O3S. The Kier molecular flexibility index (Phi) is 4.52. The SMILES string of the molecule is Nc1ccc(S(N)(=O)=O)cc1NCC1CCC(O)CC1. The van der Waals surface area contributed by atoms with Crippen molar-refractivity contribution in [3.63, 3.8) is 0 Å². The van der Waals surface area contributed by atoms with Gasteiger partial charge in [0.25, 0.3) is 0 Å². The van der Waals surface area contributed by atoms with Crippen molar-refractivity contribution in [3.8, 4) is 0 Å². The average molecular weight is 299 g/mol. The minimum atomic E-state index is -3.72. The lowest BCUT2D eigenvalue weighted by Gasteiger charge is -2.26. The lowest BCUT2D eigenvalue weighted by Crippen LogP contribution is -2.24. The van der Waals surface area contributed by atoms with Crippen LogP contribution in [0.4, 0.5) is 11.4 Å². The van der Waals surface area contributed by atoms with Gasteiger partial charge in [-0.1, -0.05) is 0 Å². The van der Waals surface area contributed by atoms with E-state index in [0.29, 0.717) is 23.8 Å². The van der Waals surface area contributed by atoms with Gasteiger partial charge in [0.05, 0.1) is 22.4 Å². The van der Waals surface area contributed by atoms with Crippen LogP contribution in [0.3, 0.4) is 0 Å². The van der Waals surface area contributed by atoms with Crippen LogP contribution in [0.1, 0.15) is 25.7 Å². The highest BCUT2D eigenvalue weighted by molar-refractivity contribution is 7.89. The van der Waals surface area contributed by atoms with Crippen molar-refractivity contribution in [1.82, 2.24) is 0 Å². The number of rotatable bonds is 4. The fourth-order valence-corrected chi connectivity index (χ4v) is 3.01. The number of sulfonamides is 1. The highest BCUT2D eigenvalue weighted by Gasteiger charge is 2.19. The number of nitrogens with one attached hydrogen (secondary N) is 1. The van der Waals surface area contributed by atoms with Gasteiger partial charge in [-0.15, -0.1) is 0 Å². The molecule has 0 spiro atoms. The molecule has 0 amide bonds. The molecule has 20 heavy (non-hydrogen) atoms. The summed E-state index contributed by atoms with van der Waals surface area (Å²) in [5, 5.41) is 17.8. The summed E-state index contributed by atoms with van der Waals surface area (Å²) in [7, 11) is -3.72. The summed E-state index contributed by atoms with van der Waals surface area (Å²) in [6, 6.07) is 4.39. The van der Waals surface area contributed by atoms with Gasteiger partial charge in [-0.3, -0.25) is 0 Å². The first-order chi connectivity index (χ1) is 9.36. The Morgan fingerprint density at radius 3 is 2.50 bits per heavy atom. The molecule has 112 valence electrons. The Bertz CT molecular complexity index is 566. The van der Waals surface area contributed by atoms with Gasteiger partial charge in [0.2, 0.25) is 10.0 Å².